The highest BCUT2D eigenvalue weighted by Gasteiger charge is 2.21. The van der Waals surface area contributed by atoms with Crippen LogP contribution < -0.4 is 5.32 Å². The van der Waals surface area contributed by atoms with Crippen molar-refractivity contribution in [1.82, 2.24) is 5.32 Å². The van der Waals surface area contributed by atoms with Crippen LogP contribution >= 0.6 is 0 Å². The van der Waals surface area contributed by atoms with Gasteiger partial charge >= 0.3 is 0 Å². The van der Waals surface area contributed by atoms with E-state index >= 15 is 0 Å². The van der Waals surface area contributed by atoms with Gasteiger partial charge in [-0.3, -0.25) is 0 Å². The molecule has 1 fully saturated rings. The van der Waals surface area contributed by atoms with E-state index in [1.807, 2.05) is 0 Å². The predicted molar refractivity (Wildman–Crippen MR) is 77.5 cm³/mol. The Kier molecular flexibility index (Phi) is 5.37. The van der Waals surface area contributed by atoms with Gasteiger partial charge in [0.1, 0.15) is 6.10 Å². The number of benzene rings is 1. The van der Waals surface area contributed by atoms with Crippen molar-refractivity contribution >= 4 is 0 Å². The summed E-state index contributed by atoms with van der Waals surface area (Å²) in [6.07, 6.45) is 1.42. The monoisotopic (exact) mass is 263 g/mol. The predicted octanol–water partition coefficient (Wildman–Crippen LogP) is 2.76. The van der Waals surface area contributed by atoms with Gasteiger partial charge < -0.3 is 14.8 Å². The van der Waals surface area contributed by atoms with E-state index in [9.17, 15) is 0 Å². The minimum Gasteiger partial charge on any atom is -0.376 e. The number of hydrogen-bond donors (Lipinski definition) is 1. The van der Waals surface area contributed by atoms with Gasteiger partial charge in [-0.05, 0) is 32.4 Å². The van der Waals surface area contributed by atoms with Crippen LogP contribution in [-0.2, 0) is 9.47 Å². The first-order valence-electron chi connectivity index (χ1n) is 7.20. The first kappa shape index (κ1) is 14.5. The molecule has 0 radical (unpaired) electrons. The number of aryl methyl sites for hydroxylation is 2. The second kappa shape index (κ2) is 7.04. The van der Waals surface area contributed by atoms with Crippen molar-refractivity contribution in [2.24, 2.45) is 0 Å². The maximum absolute atomic E-state index is 5.88. The number of rotatable bonds is 7. The van der Waals surface area contributed by atoms with Gasteiger partial charge in [-0.1, -0.05) is 36.2 Å². The molecule has 0 bridgehead atoms. The van der Waals surface area contributed by atoms with Crippen LogP contribution in [0.25, 0.3) is 0 Å². The molecule has 0 amide bonds. The van der Waals surface area contributed by atoms with E-state index in [-0.39, 0.29) is 12.1 Å². The van der Waals surface area contributed by atoms with Gasteiger partial charge in [-0.15, -0.1) is 0 Å². The summed E-state index contributed by atoms with van der Waals surface area (Å²) in [7, 11) is 0. The molecule has 3 nitrogen and oxygen atoms in total. The maximum atomic E-state index is 5.88. The summed E-state index contributed by atoms with van der Waals surface area (Å²) >= 11 is 0. The number of nitrogens with one attached hydrogen (secondary N) is 1. The van der Waals surface area contributed by atoms with E-state index < -0.39 is 0 Å². The Morgan fingerprint density at radius 3 is 2.47 bits per heavy atom. The van der Waals surface area contributed by atoms with E-state index in [0.29, 0.717) is 0 Å². The summed E-state index contributed by atoms with van der Waals surface area (Å²) in [6, 6.07) is 6.99. The Balaban J connectivity index is 2.01. The Bertz CT molecular complexity index is 381. The van der Waals surface area contributed by atoms with Gasteiger partial charge in [0.05, 0.1) is 25.9 Å². The molecule has 106 valence electrons. The minimum atomic E-state index is 0.277. The van der Waals surface area contributed by atoms with Crippen LogP contribution in [0.15, 0.2) is 18.2 Å². The molecule has 1 saturated heterocycles. The zero-order valence-corrected chi connectivity index (χ0v) is 12.2. The lowest BCUT2D eigenvalue weighted by Crippen LogP contribution is -2.38. The van der Waals surface area contributed by atoms with Crippen molar-refractivity contribution in [3.63, 3.8) is 0 Å². The molecule has 0 aromatic heterocycles. The molecule has 1 aliphatic rings. The Labute approximate surface area is 116 Å². The molecule has 1 unspecified atom stereocenters. The first-order valence-corrected chi connectivity index (χ1v) is 7.20. The lowest BCUT2D eigenvalue weighted by atomic mass is 10.0. The Morgan fingerprint density at radius 1 is 1.26 bits per heavy atom. The average Bonchev–Trinajstić information content (AvgIpc) is 2.30. The van der Waals surface area contributed by atoms with Gasteiger partial charge in [0.25, 0.3) is 0 Å². The van der Waals surface area contributed by atoms with Gasteiger partial charge in [-0.2, -0.15) is 0 Å². The molecule has 1 N–H and O–H groups in total. The van der Waals surface area contributed by atoms with Gasteiger partial charge in [-0.25, -0.2) is 0 Å². The van der Waals surface area contributed by atoms with E-state index in [4.69, 9.17) is 9.47 Å². The molecule has 1 aliphatic heterocycles. The highest BCUT2D eigenvalue weighted by atomic mass is 16.6. The molecular formula is C16H25NO2. The van der Waals surface area contributed by atoms with Crippen LogP contribution in [0.3, 0.4) is 0 Å². The molecule has 1 heterocycles. The van der Waals surface area contributed by atoms with Crippen molar-refractivity contribution in [2.45, 2.75) is 39.3 Å². The standard InChI is InChI=1S/C16H25NO2/c1-4-5-17-16(11-19-15-9-18-10-15)14-7-12(2)6-13(3)8-14/h6-8,15-17H,4-5,9-11H2,1-3H3. The van der Waals surface area contributed by atoms with Crippen LogP contribution in [-0.4, -0.2) is 32.5 Å². The summed E-state index contributed by atoms with van der Waals surface area (Å²) in [4.78, 5) is 0. The molecule has 0 saturated carbocycles. The molecule has 0 spiro atoms. The number of hydrogen-bond acceptors (Lipinski definition) is 3. The van der Waals surface area contributed by atoms with Gasteiger partial charge in [0.2, 0.25) is 0 Å². The highest BCUT2D eigenvalue weighted by Crippen LogP contribution is 2.19. The highest BCUT2D eigenvalue weighted by molar-refractivity contribution is 5.30. The van der Waals surface area contributed by atoms with Crippen molar-refractivity contribution in [3.05, 3.63) is 34.9 Å². The van der Waals surface area contributed by atoms with Gasteiger partial charge in [0.15, 0.2) is 0 Å². The van der Waals surface area contributed by atoms with E-state index in [1.165, 1.54) is 16.7 Å². The van der Waals surface area contributed by atoms with Crippen LogP contribution in [0.4, 0.5) is 0 Å². The molecule has 1 atom stereocenters. The van der Waals surface area contributed by atoms with Crippen LogP contribution in [0, 0.1) is 13.8 Å². The summed E-state index contributed by atoms with van der Waals surface area (Å²) in [5.41, 5.74) is 3.95. The van der Waals surface area contributed by atoms with Crippen LogP contribution in [0.5, 0.6) is 0 Å². The second-order valence-corrected chi connectivity index (χ2v) is 5.42. The third-order valence-electron chi connectivity index (χ3n) is 3.39. The van der Waals surface area contributed by atoms with E-state index in [2.05, 4.69) is 44.3 Å². The molecule has 1 aromatic carbocycles. The fourth-order valence-corrected chi connectivity index (χ4v) is 2.35. The van der Waals surface area contributed by atoms with Crippen LogP contribution in [0.2, 0.25) is 0 Å². The number of ether oxygens (including phenoxy) is 2. The summed E-state index contributed by atoms with van der Waals surface area (Å²) in [5, 5.41) is 3.58. The topological polar surface area (TPSA) is 30.5 Å². The quantitative estimate of drug-likeness (QED) is 0.820. The van der Waals surface area contributed by atoms with Crippen molar-refractivity contribution in [2.75, 3.05) is 26.4 Å². The lowest BCUT2D eigenvalue weighted by molar-refractivity contribution is -0.133. The largest absolute Gasteiger partial charge is 0.376 e. The smallest absolute Gasteiger partial charge is 0.104 e. The molecule has 3 heteroatoms. The zero-order valence-electron chi connectivity index (χ0n) is 12.2. The second-order valence-electron chi connectivity index (χ2n) is 5.42. The lowest BCUT2D eigenvalue weighted by Gasteiger charge is -2.29. The average molecular weight is 263 g/mol. The Morgan fingerprint density at radius 2 is 1.95 bits per heavy atom. The summed E-state index contributed by atoms with van der Waals surface area (Å²) < 4.78 is 11.0. The fourth-order valence-electron chi connectivity index (χ4n) is 2.35. The van der Waals surface area contributed by atoms with Crippen molar-refractivity contribution in [1.29, 1.82) is 0 Å². The maximum Gasteiger partial charge on any atom is 0.104 e. The van der Waals surface area contributed by atoms with Gasteiger partial charge in [0, 0.05) is 0 Å². The Hall–Kier alpha value is -0.900. The fraction of sp³-hybridized carbons (Fsp3) is 0.625. The summed E-state index contributed by atoms with van der Waals surface area (Å²) in [6.45, 7) is 9.70. The SMILES string of the molecule is CCCNC(COC1COC1)c1cc(C)cc(C)c1. The molecular weight excluding hydrogens is 238 g/mol. The molecule has 0 aliphatic carbocycles. The molecule has 1 aromatic rings. The first-order chi connectivity index (χ1) is 9.19. The van der Waals surface area contributed by atoms with Crippen molar-refractivity contribution in [3.8, 4) is 0 Å². The normalized spacial score (nSPS) is 17.2. The summed E-state index contributed by atoms with van der Waals surface area (Å²) in [5.74, 6) is 0. The van der Waals surface area contributed by atoms with Crippen LogP contribution in [0.1, 0.15) is 36.1 Å². The van der Waals surface area contributed by atoms with E-state index in [1.54, 1.807) is 0 Å². The third-order valence-corrected chi connectivity index (χ3v) is 3.39. The van der Waals surface area contributed by atoms with E-state index in [0.717, 1.165) is 32.8 Å². The zero-order chi connectivity index (χ0) is 13.7. The molecule has 2 rings (SSSR count). The minimum absolute atomic E-state index is 0.277. The third kappa shape index (κ3) is 4.30. The molecule has 19 heavy (non-hydrogen) atoms. The van der Waals surface area contributed by atoms with Crippen molar-refractivity contribution < 1.29 is 9.47 Å².